The van der Waals surface area contributed by atoms with Crippen LogP contribution in [0.3, 0.4) is 0 Å². The van der Waals surface area contributed by atoms with Crippen molar-refractivity contribution in [2.75, 3.05) is 20.7 Å². The van der Waals surface area contributed by atoms with Crippen molar-refractivity contribution < 1.29 is 22.7 Å². The van der Waals surface area contributed by atoms with Gasteiger partial charge in [-0.15, -0.1) is 0 Å². The van der Waals surface area contributed by atoms with Crippen molar-refractivity contribution in [1.29, 1.82) is 0 Å². The fraction of sp³-hybridized carbons (Fsp3) is 0.400. The van der Waals surface area contributed by atoms with Gasteiger partial charge in [-0.3, -0.25) is 9.78 Å². The molecule has 0 aliphatic carbocycles. The lowest BCUT2D eigenvalue weighted by Crippen LogP contribution is -2.55. The van der Waals surface area contributed by atoms with Crippen molar-refractivity contribution in [3.63, 3.8) is 0 Å². The van der Waals surface area contributed by atoms with Gasteiger partial charge in [-0.05, 0) is 24.6 Å². The summed E-state index contributed by atoms with van der Waals surface area (Å²) in [7, 11) is -1.42. The van der Waals surface area contributed by atoms with Crippen LogP contribution in [-0.2, 0) is 37.5 Å². The smallest absolute Gasteiger partial charge is 0.326 e. The molecule has 0 saturated heterocycles. The summed E-state index contributed by atoms with van der Waals surface area (Å²) in [5.74, 6) is -0.689. The van der Waals surface area contributed by atoms with Gasteiger partial charge in [-0.2, -0.15) is 12.7 Å². The van der Waals surface area contributed by atoms with Crippen LogP contribution in [0.25, 0.3) is 0 Å². The van der Waals surface area contributed by atoms with Crippen molar-refractivity contribution in [2.24, 2.45) is 0 Å². The Morgan fingerprint density at radius 2 is 1.86 bits per heavy atom. The summed E-state index contributed by atoms with van der Waals surface area (Å²) in [6, 6.07) is 13.7. The molecule has 29 heavy (non-hydrogen) atoms. The van der Waals surface area contributed by atoms with Crippen LogP contribution in [0.15, 0.2) is 54.7 Å². The predicted octanol–water partition coefficient (Wildman–Crippen LogP) is 1.54. The summed E-state index contributed by atoms with van der Waals surface area (Å²) in [6.45, 7) is 1.94. The third-order valence-corrected chi connectivity index (χ3v) is 5.98. The maximum atomic E-state index is 12.7. The van der Waals surface area contributed by atoms with Gasteiger partial charge < -0.3 is 9.47 Å². The van der Waals surface area contributed by atoms with Gasteiger partial charge in [-0.1, -0.05) is 36.4 Å². The number of carbonyl (C=O) groups excluding carboxylic acids is 1. The van der Waals surface area contributed by atoms with Crippen LogP contribution >= 0.6 is 0 Å². The molecule has 2 rings (SSSR count). The molecule has 0 aliphatic heterocycles. The molecule has 0 aliphatic rings. The lowest BCUT2D eigenvalue weighted by atomic mass is 10.1. The predicted molar refractivity (Wildman–Crippen MR) is 109 cm³/mol. The van der Waals surface area contributed by atoms with Crippen LogP contribution in [0.5, 0.6) is 0 Å². The number of esters is 1. The van der Waals surface area contributed by atoms with Gasteiger partial charge in [0.15, 0.2) is 0 Å². The molecule has 1 heterocycles. The molecular weight excluding hydrogens is 394 g/mol. The van der Waals surface area contributed by atoms with Crippen LogP contribution < -0.4 is 4.72 Å². The maximum Gasteiger partial charge on any atom is 0.326 e. The Balaban J connectivity index is 2.23. The summed E-state index contributed by atoms with van der Waals surface area (Å²) >= 11 is 0. The Labute approximate surface area is 172 Å². The van der Waals surface area contributed by atoms with Gasteiger partial charge in [0, 0.05) is 31.9 Å². The second-order valence-electron chi connectivity index (χ2n) is 6.36. The van der Waals surface area contributed by atoms with Crippen molar-refractivity contribution in [3.05, 3.63) is 66.0 Å². The monoisotopic (exact) mass is 421 g/mol. The van der Waals surface area contributed by atoms with Gasteiger partial charge in [0.25, 0.3) is 10.2 Å². The quantitative estimate of drug-likeness (QED) is 0.553. The van der Waals surface area contributed by atoms with Gasteiger partial charge in [-0.25, -0.2) is 4.72 Å². The summed E-state index contributed by atoms with van der Waals surface area (Å²) in [5.41, 5.74) is 1.63. The minimum atomic E-state index is -3.94. The number of nitrogens with zero attached hydrogens (tertiary/aromatic N) is 2. The first-order chi connectivity index (χ1) is 13.9. The Kier molecular flexibility index (Phi) is 8.71. The number of aromatic nitrogens is 1. The molecular formula is C20H27N3O5S. The number of methoxy groups -OCH3 is 1. The van der Waals surface area contributed by atoms with Crippen molar-refractivity contribution in [3.8, 4) is 0 Å². The molecule has 0 radical (unpaired) electrons. The zero-order valence-corrected chi connectivity index (χ0v) is 17.6. The number of ether oxygens (including phenoxy) is 2. The Morgan fingerprint density at radius 1 is 1.17 bits per heavy atom. The van der Waals surface area contributed by atoms with Crippen molar-refractivity contribution in [2.45, 2.75) is 32.1 Å². The normalized spacial score (nSPS) is 13.8. The SMILES string of the molecule is CNS(=O)(=O)N(CCc1ccccn1)[C@H](C(=O)OC)[C@@H](C)OCc1ccccc1. The first-order valence-electron chi connectivity index (χ1n) is 9.22. The number of carbonyl (C=O) groups is 1. The summed E-state index contributed by atoms with van der Waals surface area (Å²) in [4.78, 5) is 16.7. The molecule has 0 saturated carbocycles. The minimum Gasteiger partial charge on any atom is -0.468 e. The molecule has 1 N–H and O–H groups in total. The summed E-state index contributed by atoms with van der Waals surface area (Å²) in [5, 5.41) is 0. The zero-order valence-electron chi connectivity index (χ0n) is 16.8. The van der Waals surface area contributed by atoms with Gasteiger partial charge >= 0.3 is 5.97 Å². The minimum absolute atomic E-state index is 0.0407. The third-order valence-electron chi connectivity index (χ3n) is 4.43. The molecule has 1 aromatic heterocycles. The van der Waals surface area contributed by atoms with Crippen LogP contribution in [0, 0.1) is 0 Å². The number of nitrogens with one attached hydrogen (secondary N) is 1. The van der Waals surface area contributed by atoms with Crippen LogP contribution in [0.4, 0.5) is 0 Å². The largest absolute Gasteiger partial charge is 0.468 e. The molecule has 158 valence electrons. The zero-order chi connectivity index (χ0) is 21.3. The van der Waals surface area contributed by atoms with Gasteiger partial charge in [0.05, 0.1) is 19.8 Å². The summed E-state index contributed by atoms with van der Waals surface area (Å²) in [6.07, 6.45) is 1.23. The van der Waals surface area contributed by atoms with Gasteiger partial charge in [0.2, 0.25) is 0 Å². The van der Waals surface area contributed by atoms with E-state index in [-0.39, 0.29) is 13.2 Å². The lowest BCUT2D eigenvalue weighted by Gasteiger charge is -2.32. The maximum absolute atomic E-state index is 12.7. The number of pyridine rings is 1. The van der Waals surface area contributed by atoms with Crippen LogP contribution in [0.2, 0.25) is 0 Å². The van der Waals surface area contributed by atoms with Crippen LogP contribution in [-0.4, -0.2) is 56.5 Å². The fourth-order valence-electron chi connectivity index (χ4n) is 2.85. The van der Waals surface area contributed by atoms with E-state index in [0.29, 0.717) is 12.1 Å². The highest BCUT2D eigenvalue weighted by atomic mass is 32.2. The lowest BCUT2D eigenvalue weighted by molar-refractivity contribution is -0.150. The molecule has 9 heteroatoms. The van der Waals surface area contributed by atoms with E-state index in [1.165, 1.54) is 14.2 Å². The van der Waals surface area contributed by atoms with Crippen LogP contribution in [0.1, 0.15) is 18.2 Å². The highest BCUT2D eigenvalue weighted by Crippen LogP contribution is 2.17. The standard InChI is InChI=1S/C20H27N3O5S/c1-16(28-15-17-9-5-4-6-10-17)19(20(24)27-3)23(29(25,26)21-2)14-12-18-11-7-8-13-22-18/h4-11,13,16,19,21H,12,14-15H2,1-3H3/t16-,19+/m1/s1. The Hall–Kier alpha value is -2.33. The van der Waals surface area contributed by atoms with E-state index in [1.54, 1.807) is 25.3 Å². The van der Waals surface area contributed by atoms with Gasteiger partial charge in [0.1, 0.15) is 6.04 Å². The van der Waals surface area contributed by atoms with E-state index in [0.717, 1.165) is 9.87 Å². The van der Waals surface area contributed by atoms with E-state index in [9.17, 15) is 13.2 Å². The van der Waals surface area contributed by atoms with E-state index < -0.39 is 28.3 Å². The fourth-order valence-corrected chi connectivity index (χ4v) is 3.98. The Morgan fingerprint density at radius 3 is 2.45 bits per heavy atom. The second kappa shape index (κ2) is 11.0. The second-order valence-corrected chi connectivity index (χ2v) is 8.19. The van der Waals surface area contributed by atoms with E-state index in [2.05, 4.69) is 9.71 Å². The van der Waals surface area contributed by atoms with E-state index >= 15 is 0 Å². The average molecular weight is 422 g/mol. The molecule has 2 aromatic rings. The molecule has 8 nitrogen and oxygen atoms in total. The molecule has 0 fully saturated rings. The number of benzene rings is 1. The third kappa shape index (κ3) is 6.60. The Bertz CT molecular complexity index is 862. The highest BCUT2D eigenvalue weighted by Gasteiger charge is 2.39. The molecule has 0 amide bonds. The number of rotatable bonds is 11. The topological polar surface area (TPSA) is 97.8 Å². The number of hydrogen-bond acceptors (Lipinski definition) is 6. The first-order valence-corrected chi connectivity index (χ1v) is 10.7. The molecule has 0 spiro atoms. The molecule has 1 aromatic carbocycles. The highest BCUT2D eigenvalue weighted by molar-refractivity contribution is 7.87. The van der Waals surface area contributed by atoms with Crippen molar-refractivity contribution in [1.82, 2.24) is 14.0 Å². The number of hydrogen-bond donors (Lipinski definition) is 1. The molecule has 0 bridgehead atoms. The van der Waals surface area contributed by atoms with Crippen molar-refractivity contribution >= 4 is 16.2 Å². The van der Waals surface area contributed by atoms with E-state index in [1.807, 2.05) is 36.4 Å². The molecule has 0 unspecified atom stereocenters. The van der Waals surface area contributed by atoms with E-state index in [4.69, 9.17) is 9.47 Å². The molecule has 2 atom stereocenters. The average Bonchev–Trinajstić information content (AvgIpc) is 2.75. The summed E-state index contributed by atoms with van der Waals surface area (Å²) < 4.78 is 39.5. The first kappa shape index (κ1) is 23.0.